The van der Waals surface area contributed by atoms with Crippen LogP contribution in [0.1, 0.15) is 15.9 Å². The van der Waals surface area contributed by atoms with Crippen molar-refractivity contribution in [3.63, 3.8) is 0 Å². The van der Waals surface area contributed by atoms with Crippen LogP contribution in [0.3, 0.4) is 0 Å². The average Bonchev–Trinajstić information content (AvgIpc) is 3.12. The molecule has 1 amide bonds. The number of carboxylic acid groups (broad SMARTS) is 1. The largest absolute Gasteiger partial charge is 0.481 e. The van der Waals surface area contributed by atoms with Crippen molar-refractivity contribution in [2.24, 2.45) is 5.10 Å². The first-order valence-corrected chi connectivity index (χ1v) is 8.90. The Kier molecular flexibility index (Phi) is 5.75. The molecule has 0 saturated carbocycles. The van der Waals surface area contributed by atoms with E-state index >= 15 is 0 Å². The fraction of sp³-hybridized carbons (Fsp3) is 0.167. The Bertz CT molecular complexity index is 839. The highest BCUT2D eigenvalue weighted by atomic mass is 32.2. The Labute approximate surface area is 154 Å². The molecule has 0 fully saturated rings. The SMILES string of the molecule is O=C(O)CSCC(=NNC(=O)c1ccc2c(c1)OCO2)c1ccccc1. The Morgan fingerprint density at radius 2 is 1.81 bits per heavy atom. The van der Waals surface area contributed by atoms with E-state index in [0.717, 1.165) is 5.56 Å². The van der Waals surface area contributed by atoms with Gasteiger partial charge in [-0.25, -0.2) is 5.43 Å². The number of ether oxygens (including phenoxy) is 2. The zero-order valence-electron chi connectivity index (χ0n) is 13.7. The Morgan fingerprint density at radius 1 is 1.04 bits per heavy atom. The lowest BCUT2D eigenvalue weighted by Crippen LogP contribution is -2.21. The number of hydrogen-bond donors (Lipinski definition) is 2. The molecule has 0 spiro atoms. The van der Waals surface area contributed by atoms with Crippen LogP contribution in [0, 0.1) is 0 Å². The summed E-state index contributed by atoms with van der Waals surface area (Å²) in [4.78, 5) is 23.1. The number of rotatable bonds is 7. The lowest BCUT2D eigenvalue weighted by atomic mass is 10.1. The molecule has 7 nitrogen and oxygen atoms in total. The van der Waals surface area contributed by atoms with Gasteiger partial charge in [-0.3, -0.25) is 9.59 Å². The minimum Gasteiger partial charge on any atom is -0.481 e. The van der Waals surface area contributed by atoms with Gasteiger partial charge in [-0.05, 0) is 23.8 Å². The van der Waals surface area contributed by atoms with Gasteiger partial charge in [0, 0.05) is 11.3 Å². The van der Waals surface area contributed by atoms with Gasteiger partial charge in [0.2, 0.25) is 6.79 Å². The van der Waals surface area contributed by atoms with E-state index in [4.69, 9.17) is 14.6 Å². The topological polar surface area (TPSA) is 97.2 Å². The molecule has 1 aliphatic rings. The van der Waals surface area contributed by atoms with Crippen molar-refractivity contribution < 1.29 is 24.2 Å². The highest BCUT2D eigenvalue weighted by Crippen LogP contribution is 2.32. The molecule has 0 unspecified atom stereocenters. The highest BCUT2D eigenvalue weighted by Gasteiger charge is 2.16. The average molecular weight is 372 g/mol. The molecule has 2 aromatic rings. The van der Waals surface area contributed by atoms with Gasteiger partial charge in [-0.2, -0.15) is 5.10 Å². The number of thioether (sulfide) groups is 1. The van der Waals surface area contributed by atoms with Crippen LogP contribution in [0.4, 0.5) is 0 Å². The van der Waals surface area contributed by atoms with Crippen molar-refractivity contribution in [3.05, 3.63) is 59.7 Å². The van der Waals surface area contributed by atoms with Gasteiger partial charge in [-0.1, -0.05) is 30.3 Å². The number of amides is 1. The Balaban J connectivity index is 1.72. The lowest BCUT2D eigenvalue weighted by Gasteiger charge is -2.07. The standard InChI is InChI=1S/C18H16N2O5S/c21-17(22)10-26-9-14(12-4-2-1-3-5-12)19-20-18(23)13-6-7-15-16(8-13)25-11-24-15/h1-8H,9-11H2,(H,20,23)(H,21,22). The first kappa shape index (κ1) is 17.8. The number of fused-ring (bicyclic) bond motifs is 1. The molecule has 8 heteroatoms. The summed E-state index contributed by atoms with van der Waals surface area (Å²) < 4.78 is 10.5. The number of hydrazone groups is 1. The van der Waals surface area contributed by atoms with Gasteiger partial charge >= 0.3 is 5.97 Å². The molecule has 2 N–H and O–H groups in total. The maximum Gasteiger partial charge on any atom is 0.313 e. The quantitative estimate of drug-likeness (QED) is 0.572. The molecule has 0 aromatic heterocycles. The summed E-state index contributed by atoms with van der Waals surface area (Å²) in [6.07, 6.45) is 0. The number of benzene rings is 2. The highest BCUT2D eigenvalue weighted by molar-refractivity contribution is 8.00. The van der Waals surface area contributed by atoms with E-state index in [0.29, 0.717) is 28.5 Å². The second-order valence-corrected chi connectivity index (χ2v) is 6.31. The van der Waals surface area contributed by atoms with Crippen molar-refractivity contribution in [1.82, 2.24) is 5.43 Å². The van der Waals surface area contributed by atoms with Gasteiger partial charge in [0.15, 0.2) is 11.5 Å². The van der Waals surface area contributed by atoms with Crippen molar-refractivity contribution in [1.29, 1.82) is 0 Å². The fourth-order valence-electron chi connectivity index (χ4n) is 2.27. The maximum absolute atomic E-state index is 12.3. The summed E-state index contributed by atoms with van der Waals surface area (Å²) in [7, 11) is 0. The van der Waals surface area contributed by atoms with Crippen molar-refractivity contribution in [3.8, 4) is 11.5 Å². The summed E-state index contributed by atoms with van der Waals surface area (Å²) in [5, 5.41) is 13.0. The van der Waals surface area contributed by atoms with Crippen molar-refractivity contribution >= 4 is 29.4 Å². The Morgan fingerprint density at radius 3 is 2.58 bits per heavy atom. The third-order valence-corrected chi connectivity index (χ3v) is 4.43. The normalized spacial score (nSPS) is 12.7. The summed E-state index contributed by atoms with van der Waals surface area (Å²) >= 11 is 1.21. The summed E-state index contributed by atoms with van der Waals surface area (Å²) in [6, 6.07) is 14.2. The monoisotopic (exact) mass is 372 g/mol. The lowest BCUT2D eigenvalue weighted by molar-refractivity contribution is -0.133. The number of carbonyl (C=O) groups excluding carboxylic acids is 1. The van der Waals surface area contributed by atoms with Gasteiger partial charge < -0.3 is 14.6 Å². The molecule has 1 aliphatic heterocycles. The second-order valence-electron chi connectivity index (χ2n) is 5.32. The number of aliphatic carboxylic acids is 1. The fourth-order valence-corrected chi connectivity index (χ4v) is 2.97. The third kappa shape index (κ3) is 4.54. The zero-order valence-corrected chi connectivity index (χ0v) is 14.5. The minimum absolute atomic E-state index is 0.0397. The van der Waals surface area contributed by atoms with Crippen LogP contribution in [0.25, 0.3) is 0 Å². The van der Waals surface area contributed by atoms with Gasteiger partial charge in [0.05, 0.1) is 11.5 Å². The maximum atomic E-state index is 12.3. The molecular weight excluding hydrogens is 356 g/mol. The van der Waals surface area contributed by atoms with Crippen LogP contribution in [0.2, 0.25) is 0 Å². The molecule has 0 bridgehead atoms. The third-order valence-electron chi connectivity index (χ3n) is 3.50. The summed E-state index contributed by atoms with van der Waals surface area (Å²) in [5.41, 5.74) is 4.32. The first-order valence-electron chi connectivity index (χ1n) is 7.75. The van der Waals surface area contributed by atoms with E-state index < -0.39 is 5.97 Å². The number of carboxylic acids is 1. The predicted octanol–water partition coefficient (Wildman–Crippen LogP) is 2.37. The number of carbonyl (C=O) groups is 2. The van der Waals surface area contributed by atoms with Crippen LogP contribution in [-0.4, -0.2) is 41.0 Å². The molecule has 0 radical (unpaired) electrons. The van der Waals surface area contributed by atoms with Gasteiger partial charge in [-0.15, -0.1) is 11.8 Å². The van der Waals surface area contributed by atoms with E-state index in [1.807, 2.05) is 30.3 Å². The molecule has 0 saturated heterocycles. The molecule has 134 valence electrons. The van der Waals surface area contributed by atoms with Crippen LogP contribution >= 0.6 is 11.8 Å². The molecule has 0 atom stereocenters. The molecule has 2 aromatic carbocycles. The molecular formula is C18H16N2O5S. The van der Waals surface area contributed by atoms with E-state index in [1.165, 1.54) is 11.8 Å². The molecule has 26 heavy (non-hydrogen) atoms. The van der Waals surface area contributed by atoms with E-state index in [9.17, 15) is 9.59 Å². The van der Waals surface area contributed by atoms with E-state index in [2.05, 4.69) is 10.5 Å². The summed E-state index contributed by atoms with van der Waals surface area (Å²) in [6.45, 7) is 0.136. The molecule has 0 aliphatic carbocycles. The first-order chi connectivity index (χ1) is 12.6. The molecule has 3 rings (SSSR count). The second kappa shape index (κ2) is 8.39. The Hall–Kier alpha value is -3.00. The zero-order chi connectivity index (χ0) is 18.4. The van der Waals surface area contributed by atoms with E-state index in [-0.39, 0.29) is 18.5 Å². The van der Waals surface area contributed by atoms with Gasteiger partial charge in [0.25, 0.3) is 5.91 Å². The molecule has 1 heterocycles. The number of hydrogen-bond acceptors (Lipinski definition) is 6. The number of nitrogens with one attached hydrogen (secondary N) is 1. The number of nitrogens with zero attached hydrogens (tertiary/aromatic N) is 1. The minimum atomic E-state index is -0.896. The summed E-state index contributed by atoms with van der Waals surface area (Å²) in [5.74, 6) is 0.147. The van der Waals surface area contributed by atoms with E-state index in [1.54, 1.807) is 18.2 Å². The van der Waals surface area contributed by atoms with Crippen molar-refractivity contribution in [2.45, 2.75) is 0 Å². The van der Waals surface area contributed by atoms with Crippen molar-refractivity contribution in [2.75, 3.05) is 18.3 Å². The van der Waals surface area contributed by atoms with Crippen LogP contribution < -0.4 is 14.9 Å². The van der Waals surface area contributed by atoms with Crippen LogP contribution in [-0.2, 0) is 4.79 Å². The predicted molar refractivity (Wildman–Crippen MR) is 98.0 cm³/mol. The smallest absolute Gasteiger partial charge is 0.313 e. The van der Waals surface area contributed by atoms with Gasteiger partial charge in [0.1, 0.15) is 0 Å². The van der Waals surface area contributed by atoms with Crippen LogP contribution in [0.5, 0.6) is 11.5 Å². The van der Waals surface area contributed by atoms with Crippen LogP contribution in [0.15, 0.2) is 53.6 Å².